The molecule has 31 heavy (non-hydrogen) atoms. The molecule has 2 aromatic heterocycles. The number of hydrogen-bond acceptors (Lipinski definition) is 6. The van der Waals surface area contributed by atoms with Crippen molar-refractivity contribution >= 4 is 35.8 Å². The van der Waals surface area contributed by atoms with Crippen LogP contribution < -0.4 is 15.5 Å². The van der Waals surface area contributed by atoms with Crippen LogP contribution in [0.5, 0.6) is 0 Å². The smallest absolute Gasteiger partial charge is 0.213 e. The number of nitrogens with zero attached hydrogens (tertiary/aromatic N) is 5. The van der Waals surface area contributed by atoms with Crippen molar-refractivity contribution in [2.45, 2.75) is 46.2 Å². The number of aromatic nitrogens is 2. The molecular weight excluding hydrogens is 505 g/mol. The van der Waals surface area contributed by atoms with Crippen LogP contribution in [0.3, 0.4) is 0 Å². The predicted octanol–water partition coefficient (Wildman–Crippen LogP) is 2.99. The average molecular weight is 541 g/mol. The zero-order chi connectivity index (χ0) is 21.6. The SMILES string of the molecule is CCNC(=NCc1cccnc1N1CCN(C)CC1)NCc1ncc(C(C)(C)C)o1.I. The maximum atomic E-state index is 5.87. The fraction of sp³-hybridized carbons (Fsp3) is 0.591. The summed E-state index contributed by atoms with van der Waals surface area (Å²) < 4.78 is 5.87. The Balaban J connectivity index is 0.00000341. The number of anilines is 1. The Morgan fingerprint density at radius 2 is 1.90 bits per heavy atom. The highest BCUT2D eigenvalue weighted by Crippen LogP contribution is 2.22. The van der Waals surface area contributed by atoms with Gasteiger partial charge in [0.05, 0.1) is 19.3 Å². The van der Waals surface area contributed by atoms with Crippen molar-refractivity contribution in [2.75, 3.05) is 44.7 Å². The summed E-state index contributed by atoms with van der Waals surface area (Å²) in [6.07, 6.45) is 3.67. The molecule has 9 heteroatoms. The minimum atomic E-state index is -0.0518. The summed E-state index contributed by atoms with van der Waals surface area (Å²) in [5.41, 5.74) is 1.08. The molecule has 2 aromatic rings. The lowest BCUT2D eigenvalue weighted by Crippen LogP contribution is -2.45. The van der Waals surface area contributed by atoms with E-state index in [9.17, 15) is 0 Å². The molecule has 0 aliphatic carbocycles. The third-order valence-electron chi connectivity index (χ3n) is 5.12. The van der Waals surface area contributed by atoms with Crippen LogP contribution in [0.2, 0.25) is 0 Å². The van der Waals surface area contributed by atoms with Crippen LogP contribution in [0, 0.1) is 0 Å². The minimum absolute atomic E-state index is 0. The summed E-state index contributed by atoms with van der Waals surface area (Å²) in [5, 5.41) is 6.61. The minimum Gasteiger partial charge on any atom is -0.443 e. The van der Waals surface area contributed by atoms with E-state index >= 15 is 0 Å². The Morgan fingerprint density at radius 3 is 2.55 bits per heavy atom. The Morgan fingerprint density at radius 1 is 1.16 bits per heavy atom. The van der Waals surface area contributed by atoms with Crippen LogP contribution in [0.4, 0.5) is 5.82 Å². The van der Waals surface area contributed by atoms with Crippen molar-refractivity contribution in [3.8, 4) is 0 Å². The van der Waals surface area contributed by atoms with Gasteiger partial charge < -0.3 is 24.9 Å². The molecule has 3 rings (SSSR count). The molecule has 1 saturated heterocycles. The normalized spacial score (nSPS) is 15.5. The maximum Gasteiger partial charge on any atom is 0.213 e. The number of hydrogen-bond donors (Lipinski definition) is 2. The molecular formula is C22H36IN7O. The van der Waals surface area contributed by atoms with Crippen LogP contribution in [0.25, 0.3) is 0 Å². The standard InChI is InChI=1S/C22H35N7O.HI/c1-6-23-21(27-16-19-25-15-18(30-19)22(2,3)4)26-14-17-8-7-9-24-20(17)29-12-10-28(5)11-13-29;/h7-9,15H,6,10-14,16H2,1-5H3,(H2,23,26,27);1H. The number of aliphatic imine (C=N–C) groups is 1. The first kappa shape index (κ1) is 25.4. The number of rotatable bonds is 6. The Kier molecular flexibility index (Phi) is 9.54. The van der Waals surface area contributed by atoms with Crippen molar-refractivity contribution in [3.05, 3.63) is 41.7 Å². The fourth-order valence-electron chi connectivity index (χ4n) is 3.26. The molecule has 0 saturated carbocycles. The highest BCUT2D eigenvalue weighted by molar-refractivity contribution is 14.0. The number of oxazole rings is 1. The largest absolute Gasteiger partial charge is 0.443 e. The molecule has 1 aliphatic rings. The van der Waals surface area contributed by atoms with Gasteiger partial charge in [-0.3, -0.25) is 0 Å². The molecule has 0 aromatic carbocycles. The number of guanidine groups is 1. The zero-order valence-electron chi connectivity index (χ0n) is 19.3. The molecule has 172 valence electrons. The van der Waals surface area contributed by atoms with Gasteiger partial charge in [0, 0.05) is 49.9 Å². The molecule has 3 heterocycles. The van der Waals surface area contributed by atoms with Gasteiger partial charge in [-0.2, -0.15) is 0 Å². The van der Waals surface area contributed by atoms with E-state index in [2.05, 4.69) is 71.2 Å². The van der Waals surface area contributed by atoms with Crippen molar-refractivity contribution in [3.63, 3.8) is 0 Å². The second kappa shape index (κ2) is 11.7. The predicted molar refractivity (Wildman–Crippen MR) is 136 cm³/mol. The highest BCUT2D eigenvalue weighted by Gasteiger charge is 2.20. The summed E-state index contributed by atoms with van der Waals surface area (Å²) in [7, 11) is 2.16. The molecule has 0 atom stereocenters. The summed E-state index contributed by atoms with van der Waals surface area (Å²) in [6, 6.07) is 4.09. The molecule has 0 amide bonds. The monoisotopic (exact) mass is 541 g/mol. The second-order valence-electron chi connectivity index (χ2n) is 8.69. The number of nitrogens with one attached hydrogen (secondary N) is 2. The van der Waals surface area contributed by atoms with Crippen LogP contribution >= 0.6 is 24.0 Å². The van der Waals surface area contributed by atoms with E-state index < -0.39 is 0 Å². The molecule has 0 spiro atoms. The quantitative estimate of drug-likeness (QED) is 0.331. The summed E-state index contributed by atoms with van der Waals surface area (Å²) in [4.78, 5) is 18.5. The van der Waals surface area contributed by atoms with Crippen LogP contribution in [0.1, 0.15) is 44.9 Å². The van der Waals surface area contributed by atoms with Gasteiger partial charge in [0.25, 0.3) is 0 Å². The zero-order valence-corrected chi connectivity index (χ0v) is 21.6. The number of piperazine rings is 1. The van der Waals surface area contributed by atoms with Crippen molar-refractivity contribution < 1.29 is 4.42 Å². The van der Waals surface area contributed by atoms with Crippen LogP contribution in [0.15, 0.2) is 33.9 Å². The number of likely N-dealkylation sites (N-methyl/N-ethyl adjacent to an activating group) is 1. The topological polar surface area (TPSA) is 81.8 Å². The fourth-order valence-corrected chi connectivity index (χ4v) is 3.26. The van der Waals surface area contributed by atoms with Crippen LogP contribution in [-0.2, 0) is 18.5 Å². The van der Waals surface area contributed by atoms with Gasteiger partial charge in [0.1, 0.15) is 11.6 Å². The van der Waals surface area contributed by atoms with Crippen molar-refractivity contribution in [2.24, 2.45) is 4.99 Å². The lowest BCUT2D eigenvalue weighted by molar-refractivity contribution is 0.312. The van der Waals surface area contributed by atoms with Gasteiger partial charge >= 0.3 is 0 Å². The Hall–Kier alpha value is -1.88. The van der Waals surface area contributed by atoms with E-state index in [1.54, 1.807) is 6.20 Å². The maximum absolute atomic E-state index is 5.87. The average Bonchev–Trinajstić information content (AvgIpc) is 3.21. The molecule has 0 unspecified atom stereocenters. The van der Waals surface area contributed by atoms with E-state index in [0.717, 1.165) is 55.8 Å². The first-order chi connectivity index (χ1) is 14.4. The third-order valence-corrected chi connectivity index (χ3v) is 5.12. The molecule has 1 fully saturated rings. The second-order valence-corrected chi connectivity index (χ2v) is 8.69. The van der Waals surface area contributed by atoms with Gasteiger partial charge in [0.2, 0.25) is 5.89 Å². The third kappa shape index (κ3) is 7.34. The summed E-state index contributed by atoms with van der Waals surface area (Å²) >= 11 is 0. The van der Waals surface area contributed by atoms with E-state index in [1.165, 1.54) is 0 Å². The Labute approximate surface area is 202 Å². The summed E-state index contributed by atoms with van der Waals surface area (Å²) in [5.74, 6) is 3.31. The Bertz CT molecular complexity index is 838. The van der Waals surface area contributed by atoms with Gasteiger partial charge in [0.15, 0.2) is 5.96 Å². The molecule has 2 N–H and O–H groups in total. The summed E-state index contributed by atoms with van der Waals surface area (Å²) in [6.45, 7) is 14.3. The molecule has 0 bridgehead atoms. The van der Waals surface area contributed by atoms with Crippen molar-refractivity contribution in [1.82, 2.24) is 25.5 Å². The van der Waals surface area contributed by atoms with E-state index in [1.807, 2.05) is 12.3 Å². The van der Waals surface area contributed by atoms with Crippen molar-refractivity contribution in [1.29, 1.82) is 0 Å². The number of pyridine rings is 1. The lowest BCUT2D eigenvalue weighted by Gasteiger charge is -2.34. The first-order valence-electron chi connectivity index (χ1n) is 10.7. The van der Waals surface area contributed by atoms with Gasteiger partial charge in [-0.1, -0.05) is 26.8 Å². The van der Waals surface area contributed by atoms with Gasteiger partial charge in [-0.05, 0) is 20.0 Å². The number of halogens is 1. The van der Waals surface area contributed by atoms with Crippen LogP contribution in [-0.4, -0.2) is 60.6 Å². The van der Waals surface area contributed by atoms with E-state index in [0.29, 0.717) is 19.0 Å². The van der Waals surface area contributed by atoms with E-state index in [-0.39, 0.29) is 29.4 Å². The molecule has 1 aliphatic heterocycles. The van der Waals surface area contributed by atoms with Gasteiger partial charge in [-0.25, -0.2) is 15.0 Å². The van der Waals surface area contributed by atoms with Gasteiger partial charge in [-0.15, -0.1) is 24.0 Å². The van der Waals surface area contributed by atoms with E-state index in [4.69, 9.17) is 9.41 Å². The first-order valence-corrected chi connectivity index (χ1v) is 10.7. The lowest BCUT2D eigenvalue weighted by atomic mass is 9.94. The highest BCUT2D eigenvalue weighted by atomic mass is 127. The molecule has 0 radical (unpaired) electrons. The molecule has 8 nitrogen and oxygen atoms in total.